The van der Waals surface area contributed by atoms with Gasteiger partial charge in [0.2, 0.25) is 0 Å². The fourth-order valence-electron chi connectivity index (χ4n) is 3.62. The lowest BCUT2D eigenvalue weighted by Crippen LogP contribution is -2.48. The first-order valence-corrected chi connectivity index (χ1v) is 10.1. The van der Waals surface area contributed by atoms with E-state index in [9.17, 15) is 0 Å². The maximum Gasteiger partial charge on any atom is 0.173 e. The molecule has 1 unspecified atom stereocenters. The summed E-state index contributed by atoms with van der Waals surface area (Å²) in [5, 5.41) is 14.8. The fraction of sp³-hybridized carbons (Fsp3) is 0.350. The van der Waals surface area contributed by atoms with E-state index in [0.717, 1.165) is 38.5 Å². The number of hydrogen-bond donors (Lipinski definition) is 0. The van der Waals surface area contributed by atoms with Gasteiger partial charge in [-0.15, -0.1) is 23.0 Å². The first kappa shape index (κ1) is 18.0. The average Bonchev–Trinajstić information content (AvgIpc) is 3.38. The summed E-state index contributed by atoms with van der Waals surface area (Å²) in [4.78, 5) is 6.18. The fourth-order valence-corrected chi connectivity index (χ4v) is 4.30. The Labute approximate surface area is 163 Å². The largest absolute Gasteiger partial charge is 0.297 e. The molecule has 1 aromatic carbocycles. The van der Waals surface area contributed by atoms with Gasteiger partial charge in [-0.2, -0.15) is 0 Å². The number of aromatic nitrogens is 4. The molecule has 1 aliphatic heterocycles. The number of nitrogens with zero attached hydrogens (tertiary/aromatic N) is 6. The SMILES string of the molecule is C=CCN1CCN(C(c2ccccc2)c2nnnn2Cc2cccs2)CC1. The summed E-state index contributed by atoms with van der Waals surface area (Å²) >= 11 is 1.73. The molecule has 0 amide bonds. The topological polar surface area (TPSA) is 50.1 Å². The van der Waals surface area contributed by atoms with Crippen LogP contribution < -0.4 is 0 Å². The average molecular weight is 381 g/mol. The second kappa shape index (κ2) is 8.56. The number of tetrazole rings is 1. The molecule has 3 heterocycles. The van der Waals surface area contributed by atoms with Gasteiger partial charge in [-0.3, -0.25) is 9.80 Å². The van der Waals surface area contributed by atoms with Gasteiger partial charge in [0.1, 0.15) is 0 Å². The Morgan fingerprint density at radius 3 is 2.59 bits per heavy atom. The second-order valence-corrected chi connectivity index (χ2v) is 7.74. The monoisotopic (exact) mass is 380 g/mol. The standard InChI is InChI=1S/C20H24N6S/c1-2-10-24-11-13-25(14-12-24)19(17-7-4-3-5-8-17)20-21-22-23-26(20)16-18-9-6-15-27-18/h2-9,15,19H,1,10-14,16H2. The summed E-state index contributed by atoms with van der Waals surface area (Å²) in [6.45, 7) is 9.54. The summed E-state index contributed by atoms with van der Waals surface area (Å²) in [5.74, 6) is 0.909. The Balaban J connectivity index is 1.62. The summed E-state index contributed by atoms with van der Waals surface area (Å²) in [7, 11) is 0. The predicted molar refractivity (Wildman–Crippen MR) is 108 cm³/mol. The molecule has 7 heteroatoms. The molecular weight excluding hydrogens is 356 g/mol. The zero-order chi connectivity index (χ0) is 18.5. The van der Waals surface area contributed by atoms with E-state index < -0.39 is 0 Å². The van der Waals surface area contributed by atoms with Gasteiger partial charge in [0.25, 0.3) is 0 Å². The highest BCUT2D eigenvalue weighted by Gasteiger charge is 2.30. The van der Waals surface area contributed by atoms with Crippen molar-refractivity contribution in [3.63, 3.8) is 0 Å². The molecular formula is C20H24N6S. The highest BCUT2D eigenvalue weighted by atomic mass is 32.1. The third kappa shape index (κ3) is 4.16. The van der Waals surface area contributed by atoms with Crippen LogP contribution in [0.3, 0.4) is 0 Å². The molecule has 0 N–H and O–H groups in total. The maximum atomic E-state index is 4.44. The van der Waals surface area contributed by atoms with Crippen LogP contribution in [0.2, 0.25) is 0 Å². The number of piperazine rings is 1. The highest BCUT2D eigenvalue weighted by Crippen LogP contribution is 2.28. The third-order valence-electron chi connectivity index (χ3n) is 4.96. The quantitative estimate of drug-likeness (QED) is 0.590. The lowest BCUT2D eigenvalue weighted by atomic mass is 10.0. The molecule has 0 radical (unpaired) electrons. The van der Waals surface area contributed by atoms with E-state index in [2.05, 4.69) is 79.7 Å². The number of rotatable bonds is 7. The lowest BCUT2D eigenvalue weighted by Gasteiger charge is -2.38. The third-order valence-corrected chi connectivity index (χ3v) is 5.83. The molecule has 0 aliphatic carbocycles. The van der Waals surface area contributed by atoms with E-state index in [0.29, 0.717) is 6.54 Å². The van der Waals surface area contributed by atoms with E-state index in [4.69, 9.17) is 0 Å². The maximum absolute atomic E-state index is 4.44. The van der Waals surface area contributed by atoms with Gasteiger partial charge in [0.05, 0.1) is 12.6 Å². The van der Waals surface area contributed by atoms with Crippen LogP contribution in [0.15, 0.2) is 60.5 Å². The van der Waals surface area contributed by atoms with Crippen molar-refractivity contribution in [1.29, 1.82) is 0 Å². The Morgan fingerprint density at radius 2 is 1.89 bits per heavy atom. The zero-order valence-electron chi connectivity index (χ0n) is 15.3. The van der Waals surface area contributed by atoms with E-state index in [1.165, 1.54) is 10.4 Å². The van der Waals surface area contributed by atoms with Crippen molar-refractivity contribution in [2.24, 2.45) is 0 Å². The van der Waals surface area contributed by atoms with Crippen molar-refractivity contribution in [2.45, 2.75) is 12.6 Å². The minimum atomic E-state index is 0.0621. The van der Waals surface area contributed by atoms with Gasteiger partial charge < -0.3 is 0 Å². The van der Waals surface area contributed by atoms with Gasteiger partial charge >= 0.3 is 0 Å². The first-order chi connectivity index (χ1) is 13.3. The van der Waals surface area contributed by atoms with Gasteiger partial charge in [0, 0.05) is 37.6 Å². The van der Waals surface area contributed by atoms with Crippen LogP contribution in [0.4, 0.5) is 0 Å². The predicted octanol–water partition coefficient (Wildman–Crippen LogP) is 2.68. The number of hydrogen-bond acceptors (Lipinski definition) is 6. The number of thiophene rings is 1. The van der Waals surface area contributed by atoms with Crippen molar-refractivity contribution < 1.29 is 0 Å². The normalized spacial score (nSPS) is 17.0. The van der Waals surface area contributed by atoms with Gasteiger partial charge in [0.15, 0.2) is 5.82 Å². The van der Waals surface area contributed by atoms with Crippen molar-refractivity contribution in [2.75, 3.05) is 32.7 Å². The summed E-state index contributed by atoms with van der Waals surface area (Å²) in [5.41, 5.74) is 1.23. The zero-order valence-corrected chi connectivity index (χ0v) is 16.1. The Bertz CT molecular complexity index is 837. The lowest BCUT2D eigenvalue weighted by molar-refractivity contribution is 0.113. The Morgan fingerprint density at radius 1 is 1.07 bits per heavy atom. The molecule has 6 nitrogen and oxygen atoms in total. The molecule has 4 rings (SSSR count). The minimum Gasteiger partial charge on any atom is -0.297 e. The van der Waals surface area contributed by atoms with Gasteiger partial charge in [-0.1, -0.05) is 42.5 Å². The second-order valence-electron chi connectivity index (χ2n) is 6.71. The molecule has 1 atom stereocenters. The van der Waals surface area contributed by atoms with Crippen LogP contribution in [-0.4, -0.2) is 62.7 Å². The smallest absolute Gasteiger partial charge is 0.173 e. The Hall–Kier alpha value is -2.35. The van der Waals surface area contributed by atoms with Crippen molar-refractivity contribution >= 4 is 11.3 Å². The number of benzene rings is 1. The summed E-state index contributed by atoms with van der Waals surface area (Å²) in [6, 6.07) is 14.8. The van der Waals surface area contributed by atoms with E-state index in [-0.39, 0.29) is 6.04 Å². The van der Waals surface area contributed by atoms with Crippen LogP contribution >= 0.6 is 11.3 Å². The van der Waals surface area contributed by atoms with E-state index in [1.807, 2.05) is 10.8 Å². The van der Waals surface area contributed by atoms with E-state index >= 15 is 0 Å². The molecule has 3 aromatic rings. The van der Waals surface area contributed by atoms with Crippen molar-refractivity contribution in [1.82, 2.24) is 30.0 Å². The van der Waals surface area contributed by atoms with Crippen molar-refractivity contribution in [3.05, 3.63) is 76.8 Å². The van der Waals surface area contributed by atoms with Crippen molar-refractivity contribution in [3.8, 4) is 0 Å². The van der Waals surface area contributed by atoms with Gasteiger partial charge in [-0.25, -0.2) is 4.68 Å². The van der Waals surface area contributed by atoms with Gasteiger partial charge in [-0.05, 0) is 27.4 Å². The van der Waals surface area contributed by atoms with E-state index in [1.54, 1.807) is 11.3 Å². The summed E-state index contributed by atoms with van der Waals surface area (Å²) < 4.78 is 1.94. The van der Waals surface area contributed by atoms with Crippen LogP contribution in [0.5, 0.6) is 0 Å². The first-order valence-electron chi connectivity index (χ1n) is 9.26. The minimum absolute atomic E-state index is 0.0621. The molecule has 140 valence electrons. The van der Waals surface area contributed by atoms with Crippen LogP contribution in [0.1, 0.15) is 22.3 Å². The molecule has 2 aromatic heterocycles. The highest BCUT2D eigenvalue weighted by molar-refractivity contribution is 7.09. The molecule has 1 saturated heterocycles. The molecule has 1 aliphatic rings. The molecule has 1 fully saturated rings. The molecule has 0 saturated carbocycles. The molecule has 0 bridgehead atoms. The van der Waals surface area contributed by atoms with Crippen LogP contribution in [0.25, 0.3) is 0 Å². The molecule has 27 heavy (non-hydrogen) atoms. The summed E-state index contributed by atoms with van der Waals surface area (Å²) in [6.07, 6.45) is 1.98. The van der Waals surface area contributed by atoms with Crippen LogP contribution in [0, 0.1) is 0 Å². The van der Waals surface area contributed by atoms with Crippen LogP contribution in [-0.2, 0) is 6.54 Å². The molecule has 0 spiro atoms. The Kier molecular flexibility index (Phi) is 5.72.